The highest BCUT2D eigenvalue weighted by Gasteiger charge is 2.44. The smallest absolute Gasteiger partial charge is 0.0962 e. The molecule has 3 N–H and O–H groups in total. The Morgan fingerprint density at radius 3 is 2.93 bits per heavy atom. The maximum absolute atomic E-state index is 5.45. The van der Waals surface area contributed by atoms with E-state index in [1.54, 1.807) is 0 Å². The van der Waals surface area contributed by atoms with Gasteiger partial charge in [-0.2, -0.15) is 0 Å². The van der Waals surface area contributed by atoms with Crippen LogP contribution < -0.4 is 11.1 Å². The normalized spacial score (nSPS) is 23.0. The molecule has 15 heavy (non-hydrogen) atoms. The molecule has 0 aliphatic heterocycles. The molecule has 1 atom stereocenters. The lowest BCUT2D eigenvalue weighted by Crippen LogP contribution is -2.25. The number of nitrogens with one attached hydrogen (secondary N) is 1. The molecule has 1 aromatic heterocycles. The minimum Gasteiger partial charge on any atom is -0.325 e. The summed E-state index contributed by atoms with van der Waals surface area (Å²) in [6.07, 6.45) is 3.18. The van der Waals surface area contributed by atoms with E-state index < -0.39 is 0 Å². The Bertz CT molecular complexity index is 330. The number of nitrogens with two attached hydrogens (primary N) is 1. The summed E-state index contributed by atoms with van der Waals surface area (Å²) < 4.78 is 1.84. The van der Waals surface area contributed by atoms with Crippen LogP contribution in [-0.2, 0) is 13.1 Å². The number of hydrogen-bond donors (Lipinski definition) is 2. The minimum absolute atomic E-state index is 0.461. The zero-order valence-electron chi connectivity index (χ0n) is 9.40. The van der Waals surface area contributed by atoms with Gasteiger partial charge in [0.05, 0.1) is 12.2 Å². The van der Waals surface area contributed by atoms with Crippen molar-refractivity contribution in [2.24, 2.45) is 11.1 Å². The molecular weight excluding hydrogens is 190 g/mol. The van der Waals surface area contributed by atoms with E-state index >= 15 is 0 Å². The van der Waals surface area contributed by atoms with Gasteiger partial charge >= 0.3 is 0 Å². The van der Waals surface area contributed by atoms with Crippen LogP contribution in [0, 0.1) is 5.41 Å². The van der Waals surface area contributed by atoms with Gasteiger partial charge in [0.25, 0.3) is 0 Å². The molecule has 1 aliphatic carbocycles. The average molecular weight is 209 g/mol. The van der Waals surface area contributed by atoms with Crippen molar-refractivity contribution in [2.75, 3.05) is 6.54 Å². The predicted octanol–water partition coefficient (Wildman–Crippen LogP) is 0.125. The van der Waals surface area contributed by atoms with E-state index in [4.69, 9.17) is 5.73 Å². The van der Waals surface area contributed by atoms with Crippen molar-refractivity contribution in [1.29, 1.82) is 0 Å². The highest BCUT2D eigenvalue weighted by atomic mass is 15.4. The SMILES string of the molecule is CC1(C)CC1NCCn1cc(CN)nn1. The summed E-state index contributed by atoms with van der Waals surface area (Å²) in [5.74, 6) is 0. The topological polar surface area (TPSA) is 68.8 Å². The first kappa shape index (κ1) is 10.6. The Balaban J connectivity index is 1.70. The second-order valence-corrected chi connectivity index (χ2v) is 4.88. The lowest BCUT2D eigenvalue weighted by atomic mass is 10.2. The van der Waals surface area contributed by atoms with E-state index in [9.17, 15) is 0 Å². The van der Waals surface area contributed by atoms with E-state index in [1.807, 2.05) is 10.9 Å². The maximum Gasteiger partial charge on any atom is 0.0962 e. The molecule has 0 bridgehead atoms. The summed E-state index contributed by atoms with van der Waals surface area (Å²) >= 11 is 0. The summed E-state index contributed by atoms with van der Waals surface area (Å²) in [6.45, 7) is 6.84. The summed E-state index contributed by atoms with van der Waals surface area (Å²) in [6, 6.07) is 0.676. The number of nitrogens with zero attached hydrogens (tertiary/aromatic N) is 3. The Kier molecular flexibility index (Phi) is 2.75. The molecule has 1 aliphatic rings. The first-order valence-corrected chi connectivity index (χ1v) is 5.44. The Labute approximate surface area is 90.0 Å². The summed E-state index contributed by atoms with van der Waals surface area (Å²) in [7, 11) is 0. The molecule has 84 valence electrons. The fraction of sp³-hybridized carbons (Fsp3) is 0.800. The van der Waals surface area contributed by atoms with Crippen molar-refractivity contribution >= 4 is 0 Å². The Morgan fingerprint density at radius 2 is 2.40 bits per heavy atom. The molecule has 0 amide bonds. The molecular formula is C10H19N5. The number of hydrogen-bond acceptors (Lipinski definition) is 4. The van der Waals surface area contributed by atoms with Gasteiger partial charge in [-0.15, -0.1) is 5.10 Å². The molecule has 0 spiro atoms. The third-order valence-corrected chi connectivity index (χ3v) is 3.04. The van der Waals surface area contributed by atoms with E-state index in [-0.39, 0.29) is 0 Å². The van der Waals surface area contributed by atoms with Crippen LogP contribution in [0.5, 0.6) is 0 Å². The highest BCUT2D eigenvalue weighted by Crippen LogP contribution is 2.44. The second kappa shape index (κ2) is 3.90. The van der Waals surface area contributed by atoms with Crippen molar-refractivity contribution in [1.82, 2.24) is 20.3 Å². The second-order valence-electron chi connectivity index (χ2n) is 4.88. The fourth-order valence-electron chi connectivity index (χ4n) is 1.71. The summed E-state index contributed by atoms with van der Waals surface area (Å²) in [5, 5.41) is 11.4. The molecule has 1 unspecified atom stereocenters. The van der Waals surface area contributed by atoms with Crippen molar-refractivity contribution in [2.45, 2.75) is 39.4 Å². The van der Waals surface area contributed by atoms with E-state index in [1.165, 1.54) is 6.42 Å². The molecule has 0 saturated heterocycles. The molecule has 5 heteroatoms. The third kappa shape index (κ3) is 2.54. The van der Waals surface area contributed by atoms with Crippen LogP contribution in [0.25, 0.3) is 0 Å². The van der Waals surface area contributed by atoms with Crippen molar-refractivity contribution in [3.63, 3.8) is 0 Å². The number of aromatic nitrogens is 3. The Hall–Kier alpha value is -0.940. The lowest BCUT2D eigenvalue weighted by Gasteiger charge is -2.05. The maximum atomic E-state index is 5.45. The molecule has 1 aromatic rings. The van der Waals surface area contributed by atoms with Crippen LogP contribution in [-0.4, -0.2) is 27.6 Å². The molecule has 1 heterocycles. The van der Waals surface area contributed by atoms with Crippen molar-refractivity contribution in [3.8, 4) is 0 Å². The van der Waals surface area contributed by atoms with E-state index in [0.29, 0.717) is 18.0 Å². The third-order valence-electron chi connectivity index (χ3n) is 3.04. The quantitative estimate of drug-likeness (QED) is 0.723. The molecule has 1 fully saturated rings. The zero-order chi connectivity index (χ0) is 10.9. The van der Waals surface area contributed by atoms with Crippen LogP contribution >= 0.6 is 0 Å². The van der Waals surface area contributed by atoms with Crippen LogP contribution in [0.2, 0.25) is 0 Å². The van der Waals surface area contributed by atoms with Gasteiger partial charge in [0.15, 0.2) is 0 Å². The van der Waals surface area contributed by atoms with Gasteiger partial charge in [-0.25, -0.2) is 0 Å². The van der Waals surface area contributed by atoms with E-state index in [0.717, 1.165) is 18.8 Å². The molecule has 0 radical (unpaired) electrons. The monoisotopic (exact) mass is 209 g/mol. The summed E-state index contributed by atoms with van der Waals surface area (Å²) in [5.41, 5.74) is 6.79. The van der Waals surface area contributed by atoms with Crippen LogP contribution in [0.3, 0.4) is 0 Å². The standard InChI is InChI=1S/C10H19N5/c1-10(2)5-9(10)12-3-4-15-7-8(6-11)13-14-15/h7,9,12H,3-6,11H2,1-2H3. The van der Waals surface area contributed by atoms with Gasteiger partial charge in [0.1, 0.15) is 0 Å². The average Bonchev–Trinajstić information content (AvgIpc) is 2.65. The van der Waals surface area contributed by atoms with Gasteiger partial charge in [0.2, 0.25) is 0 Å². The molecule has 5 nitrogen and oxygen atoms in total. The van der Waals surface area contributed by atoms with Gasteiger partial charge < -0.3 is 11.1 Å². The van der Waals surface area contributed by atoms with Crippen molar-refractivity contribution in [3.05, 3.63) is 11.9 Å². The predicted molar refractivity (Wildman–Crippen MR) is 58.1 cm³/mol. The van der Waals surface area contributed by atoms with Gasteiger partial charge in [-0.1, -0.05) is 19.1 Å². The number of rotatable bonds is 5. The molecule has 2 rings (SSSR count). The zero-order valence-corrected chi connectivity index (χ0v) is 9.40. The van der Waals surface area contributed by atoms with Crippen LogP contribution in [0.1, 0.15) is 26.0 Å². The Morgan fingerprint density at radius 1 is 1.67 bits per heavy atom. The van der Waals surface area contributed by atoms with Gasteiger partial charge in [-0.3, -0.25) is 4.68 Å². The molecule has 0 aromatic carbocycles. The van der Waals surface area contributed by atoms with Crippen LogP contribution in [0.15, 0.2) is 6.20 Å². The van der Waals surface area contributed by atoms with Crippen LogP contribution in [0.4, 0.5) is 0 Å². The fourth-order valence-corrected chi connectivity index (χ4v) is 1.71. The van der Waals surface area contributed by atoms with E-state index in [2.05, 4.69) is 29.5 Å². The van der Waals surface area contributed by atoms with Gasteiger partial charge in [0, 0.05) is 25.3 Å². The largest absolute Gasteiger partial charge is 0.325 e. The molecule has 1 saturated carbocycles. The summed E-state index contributed by atoms with van der Waals surface area (Å²) in [4.78, 5) is 0. The first-order valence-electron chi connectivity index (χ1n) is 5.44. The highest BCUT2D eigenvalue weighted by molar-refractivity contribution is 5.01. The minimum atomic E-state index is 0.461. The first-order chi connectivity index (χ1) is 7.12. The van der Waals surface area contributed by atoms with Crippen molar-refractivity contribution < 1.29 is 0 Å². The lowest BCUT2D eigenvalue weighted by molar-refractivity contribution is 0.496. The van der Waals surface area contributed by atoms with Gasteiger partial charge in [-0.05, 0) is 11.8 Å².